The minimum Gasteiger partial charge on any atom is -0.444 e. The molecule has 0 radical (unpaired) electrons. The van der Waals surface area contributed by atoms with E-state index in [4.69, 9.17) is 9.47 Å². The van der Waals surface area contributed by atoms with E-state index in [-0.39, 0.29) is 24.6 Å². The second-order valence-corrected chi connectivity index (χ2v) is 10.8. The minimum absolute atomic E-state index is 0.207. The molecule has 1 aromatic heterocycles. The van der Waals surface area contributed by atoms with Crippen LogP contribution in [0.3, 0.4) is 0 Å². The number of halogens is 1. The van der Waals surface area contributed by atoms with Crippen molar-refractivity contribution < 1.29 is 23.5 Å². The molecule has 2 atom stereocenters. The van der Waals surface area contributed by atoms with E-state index in [1.54, 1.807) is 88.2 Å². The smallest absolute Gasteiger partial charge is 0.412 e. The summed E-state index contributed by atoms with van der Waals surface area (Å²) in [6.45, 7) is 8.95. The number of rotatable bonds is 6. The summed E-state index contributed by atoms with van der Waals surface area (Å²) >= 11 is 0. The monoisotopic (exact) mass is 519 g/mol. The maximum Gasteiger partial charge on any atom is 0.412 e. The predicted molar refractivity (Wildman–Crippen MR) is 143 cm³/mol. The number of hydrogen-bond donors (Lipinski definition) is 1. The summed E-state index contributed by atoms with van der Waals surface area (Å²) in [5.74, 6) is -0.660. The fourth-order valence-corrected chi connectivity index (χ4v) is 4.75. The van der Waals surface area contributed by atoms with E-state index >= 15 is 0 Å². The van der Waals surface area contributed by atoms with Gasteiger partial charge < -0.3 is 14.8 Å². The van der Waals surface area contributed by atoms with E-state index in [1.165, 1.54) is 6.07 Å². The number of aromatic nitrogens is 1. The van der Waals surface area contributed by atoms with Crippen LogP contribution in [0.2, 0.25) is 0 Å². The van der Waals surface area contributed by atoms with Crippen molar-refractivity contribution in [3.8, 4) is 0 Å². The molecule has 2 amide bonds. The van der Waals surface area contributed by atoms with Gasteiger partial charge in [0.05, 0.1) is 23.4 Å². The zero-order valence-corrected chi connectivity index (χ0v) is 22.4. The van der Waals surface area contributed by atoms with Crippen LogP contribution >= 0.6 is 0 Å². The van der Waals surface area contributed by atoms with Gasteiger partial charge in [0.1, 0.15) is 17.1 Å². The molecule has 1 aliphatic rings. The first-order valence-electron chi connectivity index (χ1n) is 12.7. The number of carbonyl (C=O) groups is 2. The maximum atomic E-state index is 14.7. The largest absolute Gasteiger partial charge is 0.444 e. The van der Waals surface area contributed by atoms with Crippen molar-refractivity contribution >= 4 is 17.7 Å². The fourth-order valence-electron chi connectivity index (χ4n) is 4.75. The molecule has 1 saturated heterocycles. The van der Waals surface area contributed by atoms with Gasteiger partial charge in [0.15, 0.2) is 0 Å². The molecule has 2 aromatic carbocycles. The van der Waals surface area contributed by atoms with Crippen LogP contribution in [0, 0.1) is 5.82 Å². The summed E-state index contributed by atoms with van der Waals surface area (Å²) in [4.78, 5) is 32.6. The molecule has 0 unspecified atom stereocenters. The SMILES string of the molecule is CC(C)(C)OC(=O)N1[C@H](Cc2ccccc2F)[C@H](Cc2ncccc2C(=O)Nc2ccccc2)OC1(C)C. The van der Waals surface area contributed by atoms with Gasteiger partial charge in [-0.25, -0.2) is 9.18 Å². The molecule has 0 aliphatic carbocycles. The van der Waals surface area contributed by atoms with E-state index in [9.17, 15) is 14.0 Å². The number of anilines is 1. The van der Waals surface area contributed by atoms with Gasteiger partial charge in [0, 0.05) is 18.3 Å². The van der Waals surface area contributed by atoms with E-state index < -0.39 is 29.6 Å². The molecule has 3 aromatic rings. The first-order chi connectivity index (χ1) is 17.9. The number of para-hydroxylation sites is 1. The molecular formula is C30H34FN3O4. The van der Waals surface area contributed by atoms with Crippen LogP contribution < -0.4 is 5.32 Å². The van der Waals surface area contributed by atoms with Crippen LogP contribution in [0.5, 0.6) is 0 Å². The summed E-state index contributed by atoms with van der Waals surface area (Å²) < 4.78 is 26.9. The van der Waals surface area contributed by atoms with Crippen LogP contribution in [0.15, 0.2) is 72.9 Å². The van der Waals surface area contributed by atoms with Crippen molar-refractivity contribution in [2.75, 3.05) is 5.32 Å². The molecule has 1 fully saturated rings. The molecule has 1 N–H and O–H groups in total. The number of carbonyl (C=O) groups excluding carboxylic acids is 2. The van der Waals surface area contributed by atoms with Crippen LogP contribution in [0.1, 0.15) is 56.2 Å². The Hall–Kier alpha value is -3.78. The number of nitrogens with zero attached hydrogens (tertiary/aromatic N) is 2. The van der Waals surface area contributed by atoms with Crippen molar-refractivity contribution in [1.29, 1.82) is 0 Å². The molecule has 2 heterocycles. The molecule has 4 rings (SSSR count). The summed E-state index contributed by atoms with van der Waals surface area (Å²) in [6.07, 6.45) is 0.940. The average Bonchev–Trinajstić information content (AvgIpc) is 3.09. The lowest BCUT2D eigenvalue weighted by Gasteiger charge is -2.35. The number of hydrogen-bond acceptors (Lipinski definition) is 5. The predicted octanol–water partition coefficient (Wildman–Crippen LogP) is 6.00. The zero-order valence-electron chi connectivity index (χ0n) is 22.4. The zero-order chi connectivity index (χ0) is 27.5. The summed E-state index contributed by atoms with van der Waals surface area (Å²) in [5.41, 5.74) is 0.283. The second-order valence-electron chi connectivity index (χ2n) is 10.8. The Kier molecular flexibility index (Phi) is 7.83. The Morgan fingerprint density at radius 1 is 1.03 bits per heavy atom. The van der Waals surface area contributed by atoms with Crippen molar-refractivity contribution in [3.05, 3.63) is 95.6 Å². The number of benzene rings is 2. The standard InChI is InChI=1S/C30H34FN3O4/c1-29(2,3)38-28(36)34-25(18-20-12-9-10-16-23(20)31)26(37-30(34,4)5)19-24-22(15-11-17-32-24)27(35)33-21-13-7-6-8-14-21/h6-17,25-26H,18-19H2,1-5H3,(H,33,35)/t25-,26+/m1/s1. The van der Waals surface area contributed by atoms with Gasteiger partial charge in [0.25, 0.3) is 5.91 Å². The summed E-state index contributed by atoms with van der Waals surface area (Å²) in [6, 6.07) is 18.5. The van der Waals surface area contributed by atoms with Crippen molar-refractivity contribution in [1.82, 2.24) is 9.88 Å². The molecule has 0 saturated carbocycles. The third-order valence-corrected chi connectivity index (χ3v) is 6.32. The van der Waals surface area contributed by atoms with Crippen molar-refractivity contribution in [2.24, 2.45) is 0 Å². The molecule has 7 nitrogen and oxygen atoms in total. The van der Waals surface area contributed by atoms with E-state index in [2.05, 4.69) is 10.3 Å². The number of amides is 2. The number of pyridine rings is 1. The first-order valence-corrected chi connectivity index (χ1v) is 12.7. The Balaban J connectivity index is 1.66. The highest BCUT2D eigenvalue weighted by Gasteiger charge is 2.51. The van der Waals surface area contributed by atoms with Crippen LogP contribution in [-0.2, 0) is 22.3 Å². The van der Waals surface area contributed by atoms with Gasteiger partial charge in [0.2, 0.25) is 0 Å². The summed E-state index contributed by atoms with van der Waals surface area (Å²) in [7, 11) is 0. The minimum atomic E-state index is -1.04. The Labute approximate surface area is 223 Å². The highest BCUT2D eigenvalue weighted by Crippen LogP contribution is 2.37. The third-order valence-electron chi connectivity index (χ3n) is 6.32. The maximum absolute atomic E-state index is 14.7. The van der Waals surface area contributed by atoms with Crippen LogP contribution in [-0.4, -0.2) is 45.4 Å². The first kappa shape index (κ1) is 27.3. The highest BCUT2D eigenvalue weighted by atomic mass is 19.1. The van der Waals surface area contributed by atoms with Gasteiger partial charge in [-0.1, -0.05) is 36.4 Å². The van der Waals surface area contributed by atoms with E-state index in [0.717, 1.165) is 0 Å². The fraction of sp³-hybridized carbons (Fsp3) is 0.367. The van der Waals surface area contributed by atoms with Gasteiger partial charge in [-0.05, 0) is 76.9 Å². The average molecular weight is 520 g/mol. The molecule has 8 heteroatoms. The van der Waals surface area contributed by atoms with Crippen LogP contribution in [0.25, 0.3) is 0 Å². The van der Waals surface area contributed by atoms with Crippen molar-refractivity contribution in [3.63, 3.8) is 0 Å². The molecule has 0 bridgehead atoms. The number of nitrogens with one attached hydrogen (secondary N) is 1. The van der Waals surface area contributed by atoms with Gasteiger partial charge >= 0.3 is 6.09 Å². The van der Waals surface area contributed by atoms with Gasteiger partial charge in [-0.2, -0.15) is 0 Å². The quantitative estimate of drug-likeness (QED) is 0.432. The molecule has 1 aliphatic heterocycles. The summed E-state index contributed by atoms with van der Waals surface area (Å²) in [5, 5.41) is 2.90. The normalized spacial score (nSPS) is 18.7. The molecular weight excluding hydrogens is 485 g/mol. The molecule has 200 valence electrons. The lowest BCUT2D eigenvalue weighted by atomic mass is 9.95. The molecule has 38 heavy (non-hydrogen) atoms. The Morgan fingerprint density at radius 2 is 1.71 bits per heavy atom. The Bertz CT molecular complexity index is 1290. The lowest BCUT2D eigenvalue weighted by Crippen LogP contribution is -2.51. The van der Waals surface area contributed by atoms with Gasteiger partial charge in [-0.3, -0.25) is 14.7 Å². The van der Waals surface area contributed by atoms with E-state index in [0.29, 0.717) is 22.5 Å². The topological polar surface area (TPSA) is 80.8 Å². The van der Waals surface area contributed by atoms with Gasteiger partial charge in [-0.15, -0.1) is 0 Å². The lowest BCUT2D eigenvalue weighted by molar-refractivity contribution is -0.0785. The Morgan fingerprint density at radius 3 is 2.39 bits per heavy atom. The third kappa shape index (κ3) is 6.37. The van der Waals surface area contributed by atoms with E-state index in [1.807, 2.05) is 18.2 Å². The molecule has 0 spiro atoms. The van der Waals surface area contributed by atoms with Crippen molar-refractivity contribution in [2.45, 2.75) is 70.9 Å². The number of ether oxygens (including phenoxy) is 2. The van der Waals surface area contributed by atoms with Crippen LogP contribution in [0.4, 0.5) is 14.9 Å². The second kappa shape index (κ2) is 10.9. The highest BCUT2D eigenvalue weighted by molar-refractivity contribution is 6.05.